The fraction of sp³-hybridized carbons (Fsp3) is 0.0714. The van der Waals surface area contributed by atoms with Gasteiger partial charge in [-0.15, -0.1) is 10.2 Å². The van der Waals surface area contributed by atoms with Gasteiger partial charge >= 0.3 is 0 Å². The highest BCUT2D eigenvalue weighted by atomic mass is 79.9. The van der Waals surface area contributed by atoms with Gasteiger partial charge in [0.25, 0.3) is 6.17 Å². The molecule has 0 aliphatic carbocycles. The van der Waals surface area contributed by atoms with Crippen molar-refractivity contribution in [2.45, 2.75) is 6.17 Å². The molecule has 104 valence electrons. The van der Waals surface area contributed by atoms with Gasteiger partial charge in [0.2, 0.25) is 0 Å². The SMILES string of the molecule is N#CC(N=Nc1ccc(Br)cc1)N=Nc1ccc(Br)cc1. The van der Waals surface area contributed by atoms with Crippen molar-refractivity contribution in [2.75, 3.05) is 0 Å². The van der Waals surface area contributed by atoms with E-state index in [1.54, 1.807) is 24.3 Å². The summed E-state index contributed by atoms with van der Waals surface area (Å²) in [6.45, 7) is 0. The average molecular weight is 407 g/mol. The largest absolute Gasteiger partial charge is 0.266 e. The van der Waals surface area contributed by atoms with Crippen LogP contribution in [0.15, 0.2) is 77.9 Å². The summed E-state index contributed by atoms with van der Waals surface area (Å²) in [5, 5.41) is 24.6. The predicted octanol–water partition coefficient (Wildman–Crippen LogP) is 5.93. The van der Waals surface area contributed by atoms with E-state index in [-0.39, 0.29) is 0 Å². The number of hydrogen-bond acceptors (Lipinski definition) is 5. The van der Waals surface area contributed by atoms with Crippen LogP contribution in [-0.2, 0) is 0 Å². The van der Waals surface area contributed by atoms with Crippen LogP contribution in [-0.4, -0.2) is 6.17 Å². The van der Waals surface area contributed by atoms with Gasteiger partial charge in [0.15, 0.2) is 0 Å². The molecule has 7 heteroatoms. The lowest BCUT2D eigenvalue weighted by molar-refractivity contribution is 0.780. The van der Waals surface area contributed by atoms with Crippen LogP contribution >= 0.6 is 31.9 Å². The first-order chi connectivity index (χ1) is 10.2. The Labute approximate surface area is 138 Å². The summed E-state index contributed by atoms with van der Waals surface area (Å²) in [6.07, 6.45) is -0.961. The molecule has 2 aromatic carbocycles. The van der Waals surface area contributed by atoms with Crippen molar-refractivity contribution in [1.82, 2.24) is 0 Å². The van der Waals surface area contributed by atoms with Crippen LogP contribution in [0.3, 0.4) is 0 Å². The van der Waals surface area contributed by atoms with Crippen molar-refractivity contribution < 1.29 is 0 Å². The fourth-order valence-electron chi connectivity index (χ4n) is 1.33. The third kappa shape index (κ3) is 5.17. The zero-order chi connectivity index (χ0) is 15.1. The van der Waals surface area contributed by atoms with Gasteiger partial charge in [-0.25, -0.2) is 0 Å². The first-order valence-corrected chi connectivity index (χ1v) is 7.48. The van der Waals surface area contributed by atoms with Crippen molar-refractivity contribution in [1.29, 1.82) is 5.26 Å². The van der Waals surface area contributed by atoms with Crippen LogP contribution in [0.25, 0.3) is 0 Å². The summed E-state index contributed by atoms with van der Waals surface area (Å²) in [6, 6.07) is 16.5. The molecule has 0 radical (unpaired) electrons. The van der Waals surface area contributed by atoms with E-state index in [2.05, 4.69) is 52.3 Å². The van der Waals surface area contributed by atoms with Crippen LogP contribution in [0, 0.1) is 11.3 Å². The van der Waals surface area contributed by atoms with Crippen LogP contribution in [0.5, 0.6) is 0 Å². The van der Waals surface area contributed by atoms with Gasteiger partial charge in [0.05, 0.1) is 11.4 Å². The third-order valence-electron chi connectivity index (χ3n) is 2.33. The van der Waals surface area contributed by atoms with Crippen LogP contribution in [0.4, 0.5) is 11.4 Å². The molecule has 0 unspecified atom stereocenters. The van der Waals surface area contributed by atoms with Crippen LogP contribution in [0.2, 0.25) is 0 Å². The highest BCUT2D eigenvalue weighted by Crippen LogP contribution is 2.19. The Morgan fingerprint density at radius 1 is 0.762 bits per heavy atom. The van der Waals surface area contributed by atoms with E-state index < -0.39 is 6.17 Å². The maximum Gasteiger partial charge on any atom is 0.266 e. The van der Waals surface area contributed by atoms with Crippen LogP contribution < -0.4 is 0 Å². The molecule has 2 aromatic rings. The van der Waals surface area contributed by atoms with Gasteiger partial charge in [-0.1, -0.05) is 31.9 Å². The lowest BCUT2D eigenvalue weighted by atomic mass is 10.3. The first kappa shape index (κ1) is 15.5. The van der Waals surface area contributed by atoms with Crippen molar-refractivity contribution in [3.63, 3.8) is 0 Å². The molecule has 0 fully saturated rings. The maximum atomic E-state index is 9.00. The Balaban J connectivity index is 2.04. The predicted molar refractivity (Wildman–Crippen MR) is 86.7 cm³/mol. The molecule has 2 rings (SSSR count). The standard InChI is InChI=1S/C14H9Br2N5/c15-10-1-5-12(6-2-10)18-20-14(9-17)21-19-13-7-3-11(16)4-8-13/h1-8,14H. The van der Waals surface area contributed by atoms with E-state index in [0.717, 1.165) is 8.95 Å². The number of rotatable bonds is 4. The zero-order valence-electron chi connectivity index (χ0n) is 10.7. The van der Waals surface area contributed by atoms with E-state index >= 15 is 0 Å². The van der Waals surface area contributed by atoms with Gasteiger partial charge in [0.1, 0.15) is 6.07 Å². The maximum absolute atomic E-state index is 9.00. The number of azo groups is 2. The first-order valence-electron chi connectivity index (χ1n) is 5.90. The summed E-state index contributed by atoms with van der Waals surface area (Å²) in [5.74, 6) is 0. The number of halogens is 2. The molecule has 0 amide bonds. The normalized spacial score (nSPS) is 12.6. The summed E-state index contributed by atoms with van der Waals surface area (Å²) in [7, 11) is 0. The molecule has 0 bridgehead atoms. The Morgan fingerprint density at radius 3 is 1.48 bits per heavy atom. The monoisotopic (exact) mass is 405 g/mol. The molecule has 0 saturated carbocycles. The lowest BCUT2D eigenvalue weighted by Crippen LogP contribution is -1.92. The quantitative estimate of drug-likeness (QED) is 0.579. The third-order valence-corrected chi connectivity index (χ3v) is 3.39. The van der Waals surface area contributed by atoms with Crippen molar-refractivity contribution in [2.24, 2.45) is 20.5 Å². The second-order valence-electron chi connectivity index (χ2n) is 3.89. The second-order valence-corrected chi connectivity index (χ2v) is 5.72. The Morgan fingerprint density at radius 2 is 1.14 bits per heavy atom. The van der Waals surface area contributed by atoms with Gasteiger partial charge in [-0.05, 0) is 48.5 Å². The molecule has 0 heterocycles. The molecule has 0 atom stereocenters. The van der Waals surface area contributed by atoms with E-state index in [1.807, 2.05) is 30.3 Å². The van der Waals surface area contributed by atoms with E-state index in [9.17, 15) is 0 Å². The molecule has 0 saturated heterocycles. The van der Waals surface area contributed by atoms with Gasteiger partial charge in [0, 0.05) is 8.95 Å². The van der Waals surface area contributed by atoms with Gasteiger partial charge in [-0.2, -0.15) is 15.5 Å². The summed E-state index contributed by atoms with van der Waals surface area (Å²) < 4.78 is 1.90. The molecule has 5 nitrogen and oxygen atoms in total. The summed E-state index contributed by atoms with van der Waals surface area (Å²) in [5.41, 5.74) is 1.30. The number of benzene rings is 2. The highest BCUT2D eigenvalue weighted by Gasteiger charge is 2.02. The summed E-state index contributed by atoms with van der Waals surface area (Å²) >= 11 is 6.67. The molecule has 0 N–H and O–H groups in total. The number of nitriles is 1. The molecule has 0 aromatic heterocycles. The molecular weight excluding hydrogens is 398 g/mol. The molecule has 0 spiro atoms. The molecule has 21 heavy (non-hydrogen) atoms. The van der Waals surface area contributed by atoms with Gasteiger partial charge in [-0.3, -0.25) is 0 Å². The van der Waals surface area contributed by atoms with E-state index in [4.69, 9.17) is 5.26 Å². The van der Waals surface area contributed by atoms with Crippen molar-refractivity contribution in [3.8, 4) is 6.07 Å². The lowest BCUT2D eigenvalue weighted by Gasteiger charge is -1.96. The van der Waals surface area contributed by atoms with Crippen molar-refractivity contribution >= 4 is 43.2 Å². The fourth-order valence-corrected chi connectivity index (χ4v) is 1.86. The zero-order valence-corrected chi connectivity index (χ0v) is 13.9. The molecule has 0 aliphatic rings. The Kier molecular flexibility index (Phi) is 5.72. The van der Waals surface area contributed by atoms with Crippen LogP contribution in [0.1, 0.15) is 0 Å². The molecule has 0 aliphatic heterocycles. The number of nitrogens with zero attached hydrogens (tertiary/aromatic N) is 5. The average Bonchev–Trinajstić information content (AvgIpc) is 2.51. The molecular formula is C14H9Br2N5. The minimum Gasteiger partial charge on any atom is -0.194 e. The van der Waals surface area contributed by atoms with E-state index in [0.29, 0.717) is 11.4 Å². The summed E-state index contributed by atoms with van der Waals surface area (Å²) in [4.78, 5) is 0. The Hall–Kier alpha value is -1.91. The van der Waals surface area contributed by atoms with E-state index in [1.165, 1.54) is 0 Å². The minimum atomic E-state index is -0.961. The van der Waals surface area contributed by atoms with Crippen molar-refractivity contribution in [3.05, 3.63) is 57.5 Å². The van der Waals surface area contributed by atoms with Gasteiger partial charge < -0.3 is 0 Å². The minimum absolute atomic E-state index is 0.650. The smallest absolute Gasteiger partial charge is 0.194 e. The highest BCUT2D eigenvalue weighted by molar-refractivity contribution is 9.10. The second kappa shape index (κ2) is 7.76. The topological polar surface area (TPSA) is 73.2 Å². The number of hydrogen-bond donors (Lipinski definition) is 0. The Bertz CT molecular complexity index is 631.